The molecule has 100 valence electrons. The lowest BCUT2D eigenvalue weighted by molar-refractivity contribution is 0.0949. The summed E-state index contributed by atoms with van der Waals surface area (Å²) in [5, 5.41) is 2.91. The van der Waals surface area contributed by atoms with E-state index in [2.05, 4.69) is 10.2 Å². The predicted molar refractivity (Wildman–Crippen MR) is 73.2 cm³/mol. The van der Waals surface area contributed by atoms with Gasteiger partial charge in [0.25, 0.3) is 5.91 Å². The second kappa shape index (κ2) is 7.01. The van der Waals surface area contributed by atoms with Crippen LogP contribution in [0.15, 0.2) is 18.2 Å². The molecule has 0 radical (unpaired) electrons. The van der Waals surface area contributed by atoms with Gasteiger partial charge in [0.05, 0.1) is 12.7 Å². The lowest BCUT2D eigenvalue weighted by Gasteiger charge is -2.12. The molecular weight excluding hydrogens is 228 g/mol. The molecule has 0 aliphatic carbocycles. The van der Waals surface area contributed by atoms with E-state index in [1.54, 1.807) is 7.11 Å². The molecule has 0 unspecified atom stereocenters. The summed E-state index contributed by atoms with van der Waals surface area (Å²) in [4.78, 5) is 14.1. The van der Waals surface area contributed by atoms with Crippen molar-refractivity contribution in [1.82, 2.24) is 10.2 Å². The number of nitrogens with zero attached hydrogens (tertiary/aromatic N) is 1. The van der Waals surface area contributed by atoms with Crippen molar-refractivity contribution in [3.8, 4) is 5.75 Å². The summed E-state index contributed by atoms with van der Waals surface area (Å²) >= 11 is 0. The average molecular weight is 250 g/mol. The maximum atomic E-state index is 12.0. The van der Waals surface area contributed by atoms with Crippen LogP contribution in [0.5, 0.6) is 5.75 Å². The van der Waals surface area contributed by atoms with E-state index in [0.717, 1.165) is 18.5 Å². The molecule has 0 saturated carbocycles. The number of rotatable bonds is 6. The van der Waals surface area contributed by atoms with Crippen molar-refractivity contribution in [1.29, 1.82) is 0 Å². The van der Waals surface area contributed by atoms with Gasteiger partial charge < -0.3 is 15.0 Å². The zero-order valence-electron chi connectivity index (χ0n) is 11.6. The molecule has 0 heterocycles. The minimum absolute atomic E-state index is 0.0747. The molecule has 4 nitrogen and oxygen atoms in total. The first-order chi connectivity index (χ1) is 8.54. The maximum Gasteiger partial charge on any atom is 0.255 e. The largest absolute Gasteiger partial charge is 0.496 e. The molecule has 0 aromatic heterocycles. The molecule has 1 aromatic rings. The Balaban J connectivity index is 2.58. The molecule has 1 N–H and O–H groups in total. The predicted octanol–water partition coefficient (Wildman–Crippen LogP) is 1.69. The van der Waals surface area contributed by atoms with Crippen LogP contribution in [0.1, 0.15) is 22.3 Å². The van der Waals surface area contributed by atoms with Gasteiger partial charge in [-0.15, -0.1) is 0 Å². The Kier molecular flexibility index (Phi) is 5.65. The van der Waals surface area contributed by atoms with Crippen molar-refractivity contribution in [2.75, 3.05) is 34.3 Å². The molecule has 0 bridgehead atoms. The minimum atomic E-state index is -0.0747. The summed E-state index contributed by atoms with van der Waals surface area (Å²) in [6.07, 6.45) is 0.937. The smallest absolute Gasteiger partial charge is 0.255 e. The lowest BCUT2D eigenvalue weighted by atomic mass is 10.1. The standard InChI is InChI=1S/C14H22N2O2/c1-11-6-7-13(18-4)12(10-11)14(17)15-8-5-9-16(2)3/h6-7,10H,5,8-9H2,1-4H3,(H,15,17). The summed E-state index contributed by atoms with van der Waals surface area (Å²) < 4.78 is 5.20. The van der Waals surface area contributed by atoms with Crippen molar-refractivity contribution >= 4 is 5.91 Å². The molecule has 0 saturated heterocycles. The highest BCUT2D eigenvalue weighted by Gasteiger charge is 2.11. The van der Waals surface area contributed by atoms with Crippen LogP contribution >= 0.6 is 0 Å². The molecule has 0 spiro atoms. The van der Waals surface area contributed by atoms with Gasteiger partial charge in [0.1, 0.15) is 5.75 Å². The highest BCUT2D eigenvalue weighted by molar-refractivity contribution is 5.97. The molecule has 0 fully saturated rings. The molecule has 18 heavy (non-hydrogen) atoms. The van der Waals surface area contributed by atoms with E-state index < -0.39 is 0 Å². The second-order valence-electron chi connectivity index (χ2n) is 4.62. The van der Waals surface area contributed by atoms with E-state index >= 15 is 0 Å². The third kappa shape index (κ3) is 4.37. The molecule has 1 amide bonds. The first-order valence-electron chi connectivity index (χ1n) is 6.12. The van der Waals surface area contributed by atoms with E-state index in [-0.39, 0.29) is 5.91 Å². The van der Waals surface area contributed by atoms with E-state index in [0.29, 0.717) is 17.9 Å². The van der Waals surface area contributed by atoms with Crippen LogP contribution in [0.4, 0.5) is 0 Å². The van der Waals surface area contributed by atoms with Gasteiger partial charge in [-0.05, 0) is 46.1 Å². The summed E-state index contributed by atoms with van der Waals surface area (Å²) in [5.74, 6) is 0.542. The lowest BCUT2D eigenvalue weighted by Crippen LogP contribution is -2.27. The summed E-state index contributed by atoms with van der Waals surface area (Å²) in [5.41, 5.74) is 1.65. The Morgan fingerprint density at radius 3 is 2.72 bits per heavy atom. The average Bonchev–Trinajstić information content (AvgIpc) is 2.34. The third-order valence-electron chi connectivity index (χ3n) is 2.67. The van der Waals surface area contributed by atoms with Crippen molar-refractivity contribution in [3.05, 3.63) is 29.3 Å². The normalized spacial score (nSPS) is 10.5. The maximum absolute atomic E-state index is 12.0. The van der Waals surface area contributed by atoms with E-state index in [1.807, 2.05) is 39.2 Å². The van der Waals surface area contributed by atoms with Crippen LogP contribution in [0.3, 0.4) is 0 Å². The van der Waals surface area contributed by atoms with Crippen molar-refractivity contribution in [2.24, 2.45) is 0 Å². The molecule has 1 aromatic carbocycles. The van der Waals surface area contributed by atoms with Crippen molar-refractivity contribution in [2.45, 2.75) is 13.3 Å². The fraction of sp³-hybridized carbons (Fsp3) is 0.500. The Hall–Kier alpha value is -1.55. The van der Waals surface area contributed by atoms with Gasteiger partial charge in [-0.1, -0.05) is 11.6 Å². The van der Waals surface area contributed by atoms with Gasteiger partial charge in [0, 0.05) is 6.54 Å². The van der Waals surface area contributed by atoms with Crippen LogP contribution in [0.2, 0.25) is 0 Å². The van der Waals surface area contributed by atoms with Crippen LogP contribution in [-0.4, -0.2) is 45.1 Å². The number of hydrogen-bond donors (Lipinski definition) is 1. The van der Waals surface area contributed by atoms with Gasteiger partial charge in [-0.2, -0.15) is 0 Å². The Morgan fingerprint density at radius 1 is 1.39 bits per heavy atom. The Labute approximate surface area is 109 Å². The number of carbonyl (C=O) groups is 1. The molecule has 0 atom stereocenters. The van der Waals surface area contributed by atoms with E-state index in [4.69, 9.17) is 4.74 Å². The monoisotopic (exact) mass is 250 g/mol. The van der Waals surface area contributed by atoms with Crippen LogP contribution in [0.25, 0.3) is 0 Å². The number of nitrogens with one attached hydrogen (secondary N) is 1. The molecular formula is C14H22N2O2. The molecule has 0 aliphatic rings. The first kappa shape index (κ1) is 14.5. The number of ether oxygens (including phenoxy) is 1. The quantitative estimate of drug-likeness (QED) is 0.781. The summed E-state index contributed by atoms with van der Waals surface area (Å²) in [6.45, 7) is 3.60. The number of aryl methyl sites for hydroxylation is 1. The summed E-state index contributed by atoms with van der Waals surface area (Å²) in [6, 6.07) is 5.60. The van der Waals surface area contributed by atoms with Gasteiger partial charge in [0.15, 0.2) is 0 Å². The zero-order valence-corrected chi connectivity index (χ0v) is 11.6. The van der Waals surface area contributed by atoms with Crippen LogP contribution in [0, 0.1) is 6.92 Å². The third-order valence-corrected chi connectivity index (χ3v) is 2.67. The fourth-order valence-corrected chi connectivity index (χ4v) is 1.69. The van der Waals surface area contributed by atoms with Crippen LogP contribution < -0.4 is 10.1 Å². The number of hydrogen-bond acceptors (Lipinski definition) is 3. The topological polar surface area (TPSA) is 41.6 Å². The number of methoxy groups -OCH3 is 1. The first-order valence-corrected chi connectivity index (χ1v) is 6.12. The number of amides is 1. The van der Waals surface area contributed by atoms with E-state index in [9.17, 15) is 4.79 Å². The van der Waals surface area contributed by atoms with Gasteiger partial charge >= 0.3 is 0 Å². The Morgan fingerprint density at radius 2 is 2.11 bits per heavy atom. The Bertz CT molecular complexity index is 403. The second-order valence-corrected chi connectivity index (χ2v) is 4.62. The van der Waals surface area contributed by atoms with Crippen molar-refractivity contribution < 1.29 is 9.53 Å². The van der Waals surface area contributed by atoms with Gasteiger partial charge in [-0.3, -0.25) is 4.79 Å². The summed E-state index contributed by atoms with van der Waals surface area (Å²) in [7, 11) is 5.62. The minimum Gasteiger partial charge on any atom is -0.496 e. The molecule has 0 aliphatic heterocycles. The van der Waals surface area contributed by atoms with Gasteiger partial charge in [0.2, 0.25) is 0 Å². The molecule has 1 rings (SSSR count). The van der Waals surface area contributed by atoms with E-state index in [1.165, 1.54) is 0 Å². The van der Waals surface area contributed by atoms with Crippen LogP contribution in [-0.2, 0) is 0 Å². The number of benzene rings is 1. The van der Waals surface area contributed by atoms with Gasteiger partial charge in [-0.25, -0.2) is 0 Å². The fourth-order valence-electron chi connectivity index (χ4n) is 1.69. The molecule has 4 heteroatoms. The highest BCUT2D eigenvalue weighted by atomic mass is 16.5. The zero-order chi connectivity index (χ0) is 13.5. The number of carbonyl (C=O) groups excluding carboxylic acids is 1. The SMILES string of the molecule is COc1ccc(C)cc1C(=O)NCCCN(C)C. The van der Waals surface area contributed by atoms with Crippen molar-refractivity contribution in [3.63, 3.8) is 0 Å². The highest BCUT2D eigenvalue weighted by Crippen LogP contribution is 2.19.